The minimum atomic E-state index is -1.09. The molecule has 0 aromatic heterocycles. The SMILES string of the molecule is CC1=CCC[C@@]2(C)[C@@H](CC[C@@]2(O)CN(C[C@H](O)CO)C[C@H]2CCCO2)c2ccc(cc2C(=O)c2ccccc2)C[C@@H](O)CC1. The third-order valence-corrected chi connectivity index (χ3v) is 10.6. The van der Waals surface area contributed by atoms with Crippen LogP contribution in [0.3, 0.4) is 0 Å². The molecule has 7 nitrogen and oxygen atoms in total. The first-order valence-electron chi connectivity index (χ1n) is 16.5. The lowest BCUT2D eigenvalue weighted by atomic mass is 9.64. The number of ether oxygens (including phenoxy) is 1. The van der Waals surface area contributed by atoms with Crippen molar-refractivity contribution in [2.75, 3.05) is 32.8 Å². The molecular formula is C37H51NO6. The Bertz CT molecular complexity index is 1290. The van der Waals surface area contributed by atoms with Gasteiger partial charge < -0.3 is 25.2 Å². The summed E-state index contributed by atoms with van der Waals surface area (Å²) in [5.41, 5.74) is 2.75. The maximum atomic E-state index is 14.1. The van der Waals surface area contributed by atoms with E-state index in [4.69, 9.17) is 4.74 Å². The van der Waals surface area contributed by atoms with Crippen molar-refractivity contribution in [2.45, 2.75) is 101 Å². The molecule has 44 heavy (non-hydrogen) atoms. The second-order valence-electron chi connectivity index (χ2n) is 13.8. The summed E-state index contributed by atoms with van der Waals surface area (Å²) in [6, 6.07) is 15.4. The topological polar surface area (TPSA) is 110 Å². The number of hydrogen-bond acceptors (Lipinski definition) is 7. The maximum Gasteiger partial charge on any atom is 0.193 e. The third kappa shape index (κ3) is 7.35. The molecule has 1 saturated heterocycles. The van der Waals surface area contributed by atoms with Gasteiger partial charge in [0.1, 0.15) is 0 Å². The van der Waals surface area contributed by atoms with Gasteiger partial charge in [-0.1, -0.05) is 61.0 Å². The van der Waals surface area contributed by atoms with Crippen molar-refractivity contribution >= 4 is 5.78 Å². The van der Waals surface area contributed by atoms with E-state index in [1.54, 1.807) is 0 Å². The van der Waals surface area contributed by atoms with Gasteiger partial charge in [0.25, 0.3) is 0 Å². The second kappa shape index (κ2) is 14.4. The summed E-state index contributed by atoms with van der Waals surface area (Å²) < 4.78 is 5.93. The third-order valence-electron chi connectivity index (χ3n) is 10.6. The van der Waals surface area contributed by atoms with Gasteiger partial charge in [0.05, 0.1) is 30.5 Å². The highest BCUT2D eigenvalue weighted by Gasteiger charge is 2.57. The predicted molar refractivity (Wildman–Crippen MR) is 172 cm³/mol. The quantitative estimate of drug-likeness (QED) is 0.240. The summed E-state index contributed by atoms with van der Waals surface area (Å²) in [7, 11) is 0. The lowest BCUT2D eigenvalue weighted by molar-refractivity contribution is -0.0945. The molecule has 3 aliphatic carbocycles. The van der Waals surface area contributed by atoms with Crippen molar-refractivity contribution in [1.29, 1.82) is 0 Å². The van der Waals surface area contributed by atoms with Crippen molar-refractivity contribution in [3.05, 3.63) is 82.4 Å². The molecule has 0 unspecified atom stereocenters. The first-order chi connectivity index (χ1) is 21.1. The number of carbonyl (C=O) groups excluding carboxylic acids is 1. The number of carbonyl (C=O) groups is 1. The van der Waals surface area contributed by atoms with Crippen LogP contribution >= 0.6 is 0 Å². The summed E-state index contributed by atoms with van der Waals surface area (Å²) in [4.78, 5) is 16.2. The Labute approximate surface area is 262 Å². The van der Waals surface area contributed by atoms with Crippen LogP contribution in [0, 0.1) is 5.41 Å². The minimum absolute atomic E-state index is 0.0383. The molecule has 1 saturated carbocycles. The summed E-state index contributed by atoms with van der Waals surface area (Å²) >= 11 is 0. The van der Waals surface area contributed by atoms with E-state index in [0.29, 0.717) is 43.5 Å². The molecule has 0 amide bonds. The van der Waals surface area contributed by atoms with Crippen LogP contribution in [-0.2, 0) is 11.2 Å². The standard InChI is InChI=1S/C37H51NO6/c1-26-8-6-17-36(2)34(16-18-37(36,43)25-38(22-30(41)24-39)23-31-11-7-19-44-31)32-15-13-27(20-29(40)14-12-26)21-33(32)35(42)28-9-4-3-5-10-28/h3-5,8-10,13,15,21,29-31,34,39-41,43H,6-7,11-12,14,16-20,22-25H2,1-2H3/t29-,30-,31+,34-,36-,37+/m0/s1. The Morgan fingerprint density at radius 1 is 1.11 bits per heavy atom. The molecular weight excluding hydrogens is 554 g/mol. The van der Waals surface area contributed by atoms with Gasteiger partial charge in [0.15, 0.2) is 5.78 Å². The molecule has 240 valence electrons. The molecule has 2 fully saturated rings. The van der Waals surface area contributed by atoms with Gasteiger partial charge >= 0.3 is 0 Å². The van der Waals surface area contributed by atoms with Crippen LogP contribution in [0.15, 0.2) is 60.2 Å². The highest BCUT2D eigenvalue weighted by molar-refractivity contribution is 6.10. The maximum absolute atomic E-state index is 14.1. The van der Waals surface area contributed by atoms with Crippen molar-refractivity contribution in [2.24, 2.45) is 5.41 Å². The van der Waals surface area contributed by atoms with Gasteiger partial charge in [-0.3, -0.25) is 9.69 Å². The number of hydrogen-bond donors (Lipinski definition) is 4. The van der Waals surface area contributed by atoms with Gasteiger partial charge in [-0.15, -0.1) is 0 Å². The number of fused-ring (bicyclic) bond motifs is 8. The van der Waals surface area contributed by atoms with Crippen LogP contribution in [0.4, 0.5) is 0 Å². The summed E-state index contributed by atoms with van der Waals surface area (Å²) in [6.07, 6.45) is 7.58. The summed E-state index contributed by atoms with van der Waals surface area (Å²) in [6.45, 7) is 5.88. The van der Waals surface area contributed by atoms with Gasteiger partial charge in [0.2, 0.25) is 0 Å². The second-order valence-corrected chi connectivity index (χ2v) is 13.8. The fraction of sp³-hybridized carbons (Fsp3) is 0.595. The Morgan fingerprint density at radius 2 is 1.91 bits per heavy atom. The number of aliphatic hydroxyl groups is 4. The van der Waals surface area contributed by atoms with Gasteiger partial charge in [0, 0.05) is 42.8 Å². The molecule has 2 aromatic carbocycles. The Balaban J connectivity index is 1.56. The zero-order valence-electron chi connectivity index (χ0n) is 26.5. The van der Waals surface area contributed by atoms with Crippen LogP contribution in [0.5, 0.6) is 0 Å². The molecule has 0 radical (unpaired) electrons. The molecule has 4 aliphatic rings. The number of benzene rings is 2. The first kappa shape index (κ1) is 33.0. The monoisotopic (exact) mass is 605 g/mol. The van der Waals surface area contributed by atoms with Crippen LogP contribution in [0.25, 0.3) is 0 Å². The van der Waals surface area contributed by atoms with Crippen molar-refractivity contribution in [3.63, 3.8) is 0 Å². The summed E-state index contributed by atoms with van der Waals surface area (Å²) in [5.74, 6) is -0.109. The number of ketones is 1. The van der Waals surface area contributed by atoms with E-state index in [9.17, 15) is 25.2 Å². The lowest BCUT2D eigenvalue weighted by Gasteiger charge is -2.46. The van der Waals surface area contributed by atoms with Crippen molar-refractivity contribution in [1.82, 2.24) is 4.90 Å². The number of nitrogens with zero attached hydrogens (tertiary/aromatic N) is 1. The predicted octanol–water partition coefficient (Wildman–Crippen LogP) is 4.79. The van der Waals surface area contributed by atoms with E-state index in [1.807, 2.05) is 42.5 Å². The van der Waals surface area contributed by atoms with Gasteiger partial charge in [-0.2, -0.15) is 0 Å². The first-order valence-corrected chi connectivity index (χ1v) is 16.5. The van der Waals surface area contributed by atoms with E-state index in [-0.39, 0.29) is 31.0 Å². The van der Waals surface area contributed by atoms with E-state index in [2.05, 4.69) is 30.9 Å². The largest absolute Gasteiger partial charge is 0.394 e. The zero-order chi connectivity index (χ0) is 31.3. The van der Waals surface area contributed by atoms with E-state index >= 15 is 0 Å². The molecule has 6 rings (SSSR count). The fourth-order valence-corrected chi connectivity index (χ4v) is 7.95. The van der Waals surface area contributed by atoms with E-state index in [0.717, 1.165) is 56.3 Å². The molecule has 6 atom stereocenters. The smallest absolute Gasteiger partial charge is 0.193 e. The number of allylic oxidation sites excluding steroid dienone is 2. The highest BCUT2D eigenvalue weighted by atomic mass is 16.5. The highest BCUT2D eigenvalue weighted by Crippen LogP contribution is 2.59. The normalized spacial score (nSPS) is 30.2. The molecule has 1 heterocycles. The van der Waals surface area contributed by atoms with Crippen molar-refractivity contribution in [3.8, 4) is 0 Å². The van der Waals surface area contributed by atoms with Crippen LogP contribution < -0.4 is 0 Å². The average Bonchev–Trinajstić information content (AvgIpc) is 3.61. The molecule has 7 heteroatoms. The molecule has 4 N–H and O–H groups in total. The zero-order valence-corrected chi connectivity index (χ0v) is 26.5. The van der Waals surface area contributed by atoms with Crippen molar-refractivity contribution < 1.29 is 30.0 Å². The molecule has 2 bridgehead atoms. The number of aliphatic hydroxyl groups excluding tert-OH is 3. The van der Waals surface area contributed by atoms with Gasteiger partial charge in [-0.25, -0.2) is 0 Å². The van der Waals surface area contributed by atoms with E-state index in [1.165, 1.54) is 5.57 Å². The molecule has 1 aliphatic heterocycles. The Hall–Kier alpha value is -2.39. The molecule has 2 aromatic rings. The molecule has 0 spiro atoms. The Kier molecular flexibility index (Phi) is 10.8. The Morgan fingerprint density at radius 3 is 2.64 bits per heavy atom. The minimum Gasteiger partial charge on any atom is -0.394 e. The summed E-state index contributed by atoms with van der Waals surface area (Å²) in [5, 5.41) is 43.7. The fourth-order valence-electron chi connectivity index (χ4n) is 7.95. The number of rotatable bonds is 9. The van der Waals surface area contributed by atoms with E-state index < -0.39 is 23.2 Å². The van der Waals surface area contributed by atoms with Crippen LogP contribution in [0.2, 0.25) is 0 Å². The van der Waals surface area contributed by atoms with Crippen LogP contribution in [0.1, 0.15) is 98.2 Å². The lowest BCUT2D eigenvalue weighted by Crippen LogP contribution is -2.55. The van der Waals surface area contributed by atoms with Gasteiger partial charge in [-0.05, 0) is 87.8 Å². The average molecular weight is 606 g/mol. The van der Waals surface area contributed by atoms with Crippen LogP contribution in [-0.4, -0.2) is 87.9 Å².